The Morgan fingerprint density at radius 2 is 1.94 bits per heavy atom. The van der Waals surface area contributed by atoms with E-state index in [-0.39, 0.29) is 0 Å². The highest BCUT2D eigenvalue weighted by atomic mass is 32.2. The predicted octanol–water partition coefficient (Wildman–Crippen LogP) is 4.34. The van der Waals surface area contributed by atoms with Crippen molar-refractivity contribution >= 4 is 11.8 Å². The fraction of sp³-hybridized carbons (Fsp3) is 0.600. The summed E-state index contributed by atoms with van der Waals surface area (Å²) in [6.07, 6.45) is 5.22. The normalized spacial score (nSPS) is 12.6. The molecule has 0 fully saturated rings. The van der Waals surface area contributed by atoms with E-state index in [4.69, 9.17) is 0 Å². The molecular weight excluding hydrogens is 226 g/mol. The summed E-state index contributed by atoms with van der Waals surface area (Å²) in [5.41, 5.74) is 0. The second-order valence-electron chi connectivity index (χ2n) is 4.36. The first-order chi connectivity index (χ1) is 8.36. The first-order valence-corrected chi connectivity index (χ1v) is 7.76. The lowest BCUT2D eigenvalue weighted by atomic mass is 10.1. The maximum absolute atomic E-state index is 3.65. The van der Waals surface area contributed by atoms with Crippen LogP contribution >= 0.6 is 11.8 Å². The molecular formula is C15H25NS. The molecule has 1 rings (SSSR count). The number of hydrogen-bond acceptors (Lipinski definition) is 2. The van der Waals surface area contributed by atoms with Crippen LogP contribution in [0.25, 0.3) is 0 Å². The molecule has 1 nitrogen and oxygen atoms in total. The minimum Gasteiger partial charge on any atom is -0.313 e. The highest BCUT2D eigenvalue weighted by molar-refractivity contribution is 7.99. The van der Waals surface area contributed by atoms with Crippen LogP contribution in [0.1, 0.15) is 39.5 Å². The van der Waals surface area contributed by atoms with E-state index in [0.29, 0.717) is 6.04 Å². The molecule has 1 unspecified atom stereocenters. The summed E-state index contributed by atoms with van der Waals surface area (Å²) < 4.78 is 0. The van der Waals surface area contributed by atoms with Gasteiger partial charge in [0.2, 0.25) is 0 Å². The summed E-state index contributed by atoms with van der Waals surface area (Å²) >= 11 is 1.93. The lowest BCUT2D eigenvalue weighted by Gasteiger charge is -2.16. The van der Waals surface area contributed by atoms with Gasteiger partial charge in [-0.1, -0.05) is 44.9 Å². The predicted molar refractivity (Wildman–Crippen MR) is 78.8 cm³/mol. The van der Waals surface area contributed by atoms with Gasteiger partial charge < -0.3 is 5.32 Å². The minimum absolute atomic E-state index is 0.714. The molecule has 0 bridgehead atoms. The minimum atomic E-state index is 0.714. The van der Waals surface area contributed by atoms with Gasteiger partial charge in [0.05, 0.1) is 0 Å². The Balaban J connectivity index is 2.10. The third-order valence-corrected chi connectivity index (χ3v) is 3.96. The van der Waals surface area contributed by atoms with Crippen molar-refractivity contribution in [3.63, 3.8) is 0 Å². The topological polar surface area (TPSA) is 12.0 Å². The Morgan fingerprint density at radius 1 is 1.18 bits per heavy atom. The molecule has 0 saturated carbocycles. The smallest absolute Gasteiger partial charge is 0.0106 e. The van der Waals surface area contributed by atoms with Crippen LogP contribution in [0.3, 0.4) is 0 Å². The molecule has 1 aromatic carbocycles. The number of hydrogen-bond donors (Lipinski definition) is 1. The molecule has 1 N–H and O–H groups in total. The standard InChI is InChI=1S/C15H25NS/c1-3-5-9-14(4-2)16-12-13-17-15-10-7-6-8-11-15/h6-8,10-11,14,16H,3-5,9,12-13H2,1-2H3. The number of unbranched alkanes of at least 4 members (excludes halogenated alkanes) is 1. The molecule has 0 aliphatic carbocycles. The van der Waals surface area contributed by atoms with Crippen molar-refractivity contribution in [2.24, 2.45) is 0 Å². The van der Waals surface area contributed by atoms with Crippen molar-refractivity contribution in [2.75, 3.05) is 12.3 Å². The van der Waals surface area contributed by atoms with Gasteiger partial charge in [0.1, 0.15) is 0 Å². The number of nitrogens with one attached hydrogen (secondary N) is 1. The maximum Gasteiger partial charge on any atom is 0.0106 e. The van der Waals surface area contributed by atoms with Crippen LogP contribution in [-0.2, 0) is 0 Å². The lowest BCUT2D eigenvalue weighted by molar-refractivity contribution is 0.466. The molecule has 2 heteroatoms. The largest absolute Gasteiger partial charge is 0.313 e. The van der Waals surface area contributed by atoms with Crippen LogP contribution in [0.4, 0.5) is 0 Å². The fourth-order valence-corrected chi connectivity index (χ4v) is 2.65. The molecule has 96 valence electrons. The van der Waals surface area contributed by atoms with Crippen molar-refractivity contribution in [2.45, 2.75) is 50.5 Å². The lowest BCUT2D eigenvalue weighted by Crippen LogP contribution is -2.30. The average Bonchev–Trinajstić information content (AvgIpc) is 2.39. The molecule has 1 aromatic rings. The van der Waals surface area contributed by atoms with E-state index >= 15 is 0 Å². The Hall–Kier alpha value is -0.470. The summed E-state index contributed by atoms with van der Waals surface area (Å²) in [4.78, 5) is 1.37. The zero-order valence-electron chi connectivity index (χ0n) is 11.1. The fourth-order valence-electron chi connectivity index (χ4n) is 1.85. The first kappa shape index (κ1) is 14.6. The third-order valence-electron chi connectivity index (χ3n) is 2.95. The quantitative estimate of drug-likeness (QED) is 0.517. The van der Waals surface area contributed by atoms with Crippen LogP contribution in [0, 0.1) is 0 Å². The van der Waals surface area contributed by atoms with Crippen molar-refractivity contribution in [3.05, 3.63) is 30.3 Å². The zero-order chi connectivity index (χ0) is 12.3. The van der Waals surface area contributed by atoms with Crippen LogP contribution in [0.15, 0.2) is 35.2 Å². The average molecular weight is 251 g/mol. The molecule has 0 aromatic heterocycles. The van der Waals surface area contributed by atoms with Gasteiger partial charge in [0.25, 0.3) is 0 Å². The monoisotopic (exact) mass is 251 g/mol. The second kappa shape index (κ2) is 9.55. The molecule has 0 aliphatic rings. The van der Waals surface area contributed by atoms with Gasteiger partial charge in [-0.25, -0.2) is 0 Å². The van der Waals surface area contributed by atoms with Crippen LogP contribution in [0.5, 0.6) is 0 Å². The summed E-state index contributed by atoms with van der Waals surface area (Å²) in [6, 6.07) is 11.3. The Labute approximate surface area is 110 Å². The molecule has 0 spiro atoms. The highest BCUT2D eigenvalue weighted by Crippen LogP contribution is 2.16. The first-order valence-electron chi connectivity index (χ1n) is 6.78. The van der Waals surface area contributed by atoms with E-state index in [9.17, 15) is 0 Å². The van der Waals surface area contributed by atoms with Gasteiger partial charge in [0.15, 0.2) is 0 Å². The Kier molecular flexibility index (Phi) is 8.20. The van der Waals surface area contributed by atoms with Gasteiger partial charge in [-0.15, -0.1) is 11.8 Å². The maximum atomic E-state index is 3.65. The van der Waals surface area contributed by atoms with E-state index in [1.165, 1.54) is 30.6 Å². The van der Waals surface area contributed by atoms with Gasteiger partial charge in [-0.3, -0.25) is 0 Å². The van der Waals surface area contributed by atoms with Crippen LogP contribution < -0.4 is 5.32 Å². The Bertz CT molecular complexity index is 274. The van der Waals surface area contributed by atoms with Gasteiger partial charge in [0, 0.05) is 23.2 Å². The van der Waals surface area contributed by atoms with E-state index in [1.54, 1.807) is 0 Å². The summed E-state index contributed by atoms with van der Waals surface area (Å²) in [5.74, 6) is 1.16. The molecule has 0 amide bonds. The van der Waals surface area contributed by atoms with Crippen LogP contribution in [-0.4, -0.2) is 18.3 Å². The summed E-state index contributed by atoms with van der Waals surface area (Å²) in [6.45, 7) is 5.65. The summed E-state index contributed by atoms with van der Waals surface area (Å²) in [5, 5.41) is 3.65. The van der Waals surface area contributed by atoms with Gasteiger partial charge >= 0.3 is 0 Å². The van der Waals surface area contributed by atoms with E-state index in [2.05, 4.69) is 49.5 Å². The van der Waals surface area contributed by atoms with Gasteiger partial charge in [-0.05, 0) is 25.0 Å². The number of benzene rings is 1. The molecule has 0 saturated heterocycles. The van der Waals surface area contributed by atoms with Crippen molar-refractivity contribution < 1.29 is 0 Å². The van der Waals surface area contributed by atoms with Crippen LogP contribution in [0.2, 0.25) is 0 Å². The second-order valence-corrected chi connectivity index (χ2v) is 5.53. The van der Waals surface area contributed by atoms with Crippen molar-refractivity contribution in [1.82, 2.24) is 5.32 Å². The number of rotatable bonds is 9. The molecule has 0 radical (unpaired) electrons. The summed E-state index contributed by atoms with van der Waals surface area (Å²) in [7, 11) is 0. The number of thioether (sulfide) groups is 1. The SMILES string of the molecule is CCCCC(CC)NCCSc1ccccc1. The van der Waals surface area contributed by atoms with E-state index in [0.717, 1.165) is 12.3 Å². The van der Waals surface area contributed by atoms with E-state index < -0.39 is 0 Å². The van der Waals surface area contributed by atoms with Crippen molar-refractivity contribution in [3.8, 4) is 0 Å². The molecule has 1 atom stereocenters. The molecule has 17 heavy (non-hydrogen) atoms. The Morgan fingerprint density at radius 3 is 2.59 bits per heavy atom. The molecule has 0 heterocycles. The zero-order valence-corrected chi connectivity index (χ0v) is 11.9. The third kappa shape index (κ3) is 6.75. The van der Waals surface area contributed by atoms with Gasteiger partial charge in [-0.2, -0.15) is 0 Å². The van der Waals surface area contributed by atoms with E-state index in [1.807, 2.05) is 11.8 Å². The molecule has 0 aliphatic heterocycles. The van der Waals surface area contributed by atoms with Crippen molar-refractivity contribution in [1.29, 1.82) is 0 Å². The highest BCUT2D eigenvalue weighted by Gasteiger charge is 2.03.